The van der Waals surface area contributed by atoms with Crippen LogP contribution in [0.25, 0.3) is 0 Å². The van der Waals surface area contributed by atoms with Gasteiger partial charge >= 0.3 is 0 Å². The van der Waals surface area contributed by atoms with E-state index in [4.69, 9.17) is 16.7 Å². The number of hydrogen-bond acceptors (Lipinski definition) is 2. The molecule has 0 bridgehead atoms. The van der Waals surface area contributed by atoms with Gasteiger partial charge in [-0.05, 0) is 6.42 Å². The van der Waals surface area contributed by atoms with Crippen LogP contribution in [0.1, 0.15) is 6.42 Å². The first-order valence-electron chi connectivity index (χ1n) is 3.42. The molecule has 0 spiro atoms. The Morgan fingerprint density at radius 2 is 2.50 bits per heavy atom. The average molecular weight is 162 g/mol. The molecule has 0 aliphatic carbocycles. The molecule has 0 radical (unpaired) electrons. The van der Waals surface area contributed by atoms with E-state index in [9.17, 15) is 0 Å². The van der Waals surface area contributed by atoms with Crippen LogP contribution in [-0.4, -0.2) is 35.7 Å². The molecule has 1 N–H and O–H groups in total. The number of aliphatic hydroxyl groups excluding tert-OH is 1. The molecule has 1 fully saturated rings. The maximum atomic E-state index is 9.10. The molecule has 1 aliphatic heterocycles. The SMILES string of the molecule is C=C(Cl)CN1CC[C@H](O)C1. The number of aliphatic hydroxyl groups is 1. The number of rotatable bonds is 2. The summed E-state index contributed by atoms with van der Waals surface area (Å²) in [5, 5.41) is 9.75. The number of β-amino-alcohol motifs (C(OH)–C–C–N with tert-alkyl or cyclic N) is 1. The zero-order valence-electron chi connectivity index (χ0n) is 5.89. The van der Waals surface area contributed by atoms with Crippen LogP contribution in [0, 0.1) is 0 Å². The van der Waals surface area contributed by atoms with E-state index in [2.05, 4.69) is 11.5 Å². The lowest BCUT2D eigenvalue weighted by Crippen LogP contribution is -2.23. The van der Waals surface area contributed by atoms with E-state index < -0.39 is 0 Å². The Morgan fingerprint density at radius 1 is 1.80 bits per heavy atom. The van der Waals surface area contributed by atoms with Crippen molar-refractivity contribution in [1.82, 2.24) is 4.90 Å². The van der Waals surface area contributed by atoms with Gasteiger partial charge < -0.3 is 5.11 Å². The monoisotopic (exact) mass is 161 g/mol. The third-order valence-electron chi connectivity index (χ3n) is 1.64. The predicted octanol–water partition coefficient (Wildman–Crippen LogP) is 0.806. The average Bonchev–Trinajstić information content (AvgIpc) is 2.13. The highest BCUT2D eigenvalue weighted by Gasteiger charge is 2.19. The quantitative estimate of drug-likeness (QED) is 0.648. The van der Waals surface area contributed by atoms with Gasteiger partial charge in [0.2, 0.25) is 0 Å². The Labute approximate surface area is 66.1 Å². The summed E-state index contributed by atoms with van der Waals surface area (Å²) in [6, 6.07) is 0. The third kappa shape index (κ3) is 2.29. The highest BCUT2D eigenvalue weighted by molar-refractivity contribution is 6.29. The zero-order chi connectivity index (χ0) is 7.56. The number of halogens is 1. The van der Waals surface area contributed by atoms with Gasteiger partial charge in [-0.15, -0.1) is 0 Å². The molecular formula is C7H12ClNO. The van der Waals surface area contributed by atoms with Crippen molar-refractivity contribution >= 4 is 11.6 Å². The van der Waals surface area contributed by atoms with Crippen LogP contribution in [0.3, 0.4) is 0 Å². The normalized spacial score (nSPS) is 27.2. The topological polar surface area (TPSA) is 23.5 Å². The third-order valence-corrected chi connectivity index (χ3v) is 1.76. The van der Waals surface area contributed by atoms with Gasteiger partial charge in [-0.2, -0.15) is 0 Å². The second-order valence-electron chi connectivity index (χ2n) is 2.69. The van der Waals surface area contributed by atoms with Crippen molar-refractivity contribution in [3.63, 3.8) is 0 Å². The summed E-state index contributed by atoms with van der Waals surface area (Å²) in [7, 11) is 0. The van der Waals surface area contributed by atoms with Crippen molar-refractivity contribution in [1.29, 1.82) is 0 Å². The molecule has 0 saturated carbocycles. The lowest BCUT2D eigenvalue weighted by Gasteiger charge is -2.12. The van der Waals surface area contributed by atoms with Crippen molar-refractivity contribution in [3.05, 3.63) is 11.6 Å². The molecule has 58 valence electrons. The minimum Gasteiger partial charge on any atom is -0.392 e. The van der Waals surface area contributed by atoms with E-state index >= 15 is 0 Å². The summed E-state index contributed by atoms with van der Waals surface area (Å²) in [5.41, 5.74) is 0. The second-order valence-corrected chi connectivity index (χ2v) is 3.23. The van der Waals surface area contributed by atoms with Crippen LogP contribution >= 0.6 is 11.6 Å². The summed E-state index contributed by atoms with van der Waals surface area (Å²) >= 11 is 5.59. The van der Waals surface area contributed by atoms with Gasteiger partial charge in [0.05, 0.1) is 6.10 Å². The van der Waals surface area contributed by atoms with Gasteiger partial charge in [-0.1, -0.05) is 18.2 Å². The summed E-state index contributed by atoms with van der Waals surface area (Å²) in [5.74, 6) is 0. The Balaban J connectivity index is 2.24. The van der Waals surface area contributed by atoms with Crippen LogP contribution in [0.2, 0.25) is 0 Å². The second kappa shape index (κ2) is 3.37. The lowest BCUT2D eigenvalue weighted by molar-refractivity contribution is 0.179. The van der Waals surface area contributed by atoms with Crippen LogP contribution in [-0.2, 0) is 0 Å². The number of likely N-dealkylation sites (tertiary alicyclic amines) is 1. The van der Waals surface area contributed by atoms with Crippen LogP contribution in [0.15, 0.2) is 11.6 Å². The fourth-order valence-electron chi connectivity index (χ4n) is 1.20. The summed E-state index contributed by atoms with van der Waals surface area (Å²) < 4.78 is 0. The van der Waals surface area contributed by atoms with E-state index in [1.807, 2.05) is 0 Å². The molecule has 1 aliphatic rings. The van der Waals surface area contributed by atoms with Crippen molar-refractivity contribution in [2.45, 2.75) is 12.5 Å². The van der Waals surface area contributed by atoms with Gasteiger partial charge in [0.25, 0.3) is 0 Å². The molecular weight excluding hydrogens is 150 g/mol. The molecule has 1 heterocycles. The fourth-order valence-corrected chi connectivity index (χ4v) is 1.37. The van der Waals surface area contributed by atoms with Gasteiger partial charge in [0.1, 0.15) is 0 Å². The molecule has 10 heavy (non-hydrogen) atoms. The molecule has 0 amide bonds. The molecule has 1 rings (SSSR count). The summed E-state index contributed by atoms with van der Waals surface area (Å²) in [6.45, 7) is 5.97. The van der Waals surface area contributed by atoms with Gasteiger partial charge in [0, 0.05) is 24.7 Å². The minimum absolute atomic E-state index is 0.156. The van der Waals surface area contributed by atoms with Crippen LogP contribution < -0.4 is 0 Å². The maximum absolute atomic E-state index is 9.10. The zero-order valence-corrected chi connectivity index (χ0v) is 6.64. The molecule has 1 atom stereocenters. The lowest BCUT2D eigenvalue weighted by atomic mass is 10.3. The van der Waals surface area contributed by atoms with E-state index in [1.54, 1.807) is 0 Å². The maximum Gasteiger partial charge on any atom is 0.0679 e. The van der Waals surface area contributed by atoms with E-state index in [-0.39, 0.29) is 6.10 Å². The van der Waals surface area contributed by atoms with E-state index in [1.165, 1.54) is 0 Å². The molecule has 3 heteroatoms. The molecule has 0 unspecified atom stereocenters. The summed E-state index contributed by atoms with van der Waals surface area (Å²) in [4.78, 5) is 2.10. The van der Waals surface area contributed by atoms with Gasteiger partial charge in [-0.3, -0.25) is 4.90 Å². The van der Waals surface area contributed by atoms with E-state index in [0.717, 1.165) is 19.5 Å². The Hall–Kier alpha value is -0.0500. The Kier molecular flexibility index (Phi) is 2.72. The highest BCUT2D eigenvalue weighted by Crippen LogP contribution is 2.11. The first kappa shape index (κ1) is 8.05. The van der Waals surface area contributed by atoms with Crippen LogP contribution in [0.5, 0.6) is 0 Å². The van der Waals surface area contributed by atoms with Crippen molar-refractivity contribution in [2.24, 2.45) is 0 Å². The first-order valence-corrected chi connectivity index (χ1v) is 3.80. The standard InChI is InChI=1S/C7H12ClNO/c1-6(8)4-9-3-2-7(10)5-9/h7,10H,1-5H2/t7-/m0/s1. The number of hydrogen-bond donors (Lipinski definition) is 1. The predicted molar refractivity (Wildman–Crippen MR) is 42.1 cm³/mol. The largest absolute Gasteiger partial charge is 0.392 e. The molecule has 2 nitrogen and oxygen atoms in total. The first-order chi connectivity index (χ1) is 4.68. The summed E-state index contributed by atoms with van der Waals surface area (Å²) in [6.07, 6.45) is 0.709. The minimum atomic E-state index is -0.156. The van der Waals surface area contributed by atoms with E-state index in [0.29, 0.717) is 11.6 Å². The molecule has 0 aromatic carbocycles. The van der Waals surface area contributed by atoms with Gasteiger partial charge in [-0.25, -0.2) is 0 Å². The smallest absolute Gasteiger partial charge is 0.0679 e. The van der Waals surface area contributed by atoms with Crippen LogP contribution in [0.4, 0.5) is 0 Å². The fraction of sp³-hybridized carbons (Fsp3) is 0.714. The number of nitrogens with zero attached hydrogens (tertiary/aromatic N) is 1. The molecule has 0 aromatic rings. The highest BCUT2D eigenvalue weighted by atomic mass is 35.5. The Bertz CT molecular complexity index is 138. The van der Waals surface area contributed by atoms with Crippen molar-refractivity contribution in [2.75, 3.05) is 19.6 Å². The van der Waals surface area contributed by atoms with Crippen molar-refractivity contribution < 1.29 is 5.11 Å². The Morgan fingerprint density at radius 3 is 2.90 bits per heavy atom. The van der Waals surface area contributed by atoms with Gasteiger partial charge in [0.15, 0.2) is 0 Å². The molecule has 1 saturated heterocycles. The van der Waals surface area contributed by atoms with Crippen molar-refractivity contribution in [3.8, 4) is 0 Å². The molecule has 0 aromatic heterocycles.